The quantitative estimate of drug-likeness (QED) is 0.237. The number of rotatable bonds is 8. The molecule has 0 saturated carbocycles. The molecule has 0 aliphatic carbocycles. The Morgan fingerprint density at radius 2 is 1.92 bits per heavy atom. The van der Waals surface area contributed by atoms with E-state index in [4.69, 9.17) is 15.9 Å². The standard InChI is InChI=1S/C20H17NO5/c1-3-13-26-19-12-6-15(14-20(19)25-4-2)5-11-18(22)16-7-9-17(10-8-16)21(23)24/h1,5-12,14H,4,13H2,2H3. The number of hydrogen-bond acceptors (Lipinski definition) is 5. The van der Waals surface area contributed by atoms with Crippen molar-refractivity contribution in [2.75, 3.05) is 13.2 Å². The maximum absolute atomic E-state index is 12.2. The highest BCUT2D eigenvalue weighted by Gasteiger charge is 2.08. The zero-order valence-corrected chi connectivity index (χ0v) is 14.2. The number of ether oxygens (including phenoxy) is 2. The zero-order valence-electron chi connectivity index (χ0n) is 14.2. The van der Waals surface area contributed by atoms with Gasteiger partial charge in [0.25, 0.3) is 5.69 Å². The van der Waals surface area contributed by atoms with Gasteiger partial charge in [0.05, 0.1) is 11.5 Å². The van der Waals surface area contributed by atoms with Crippen molar-refractivity contribution in [3.05, 3.63) is 69.8 Å². The highest BCUT2D eigenvalue weighted by molar-refractivity contribution is 6.06. The van der Waals surface area contributed by atoms with E-state index in [0.717, 1.165) is 5.56 Å². The van der Waals surface area contributed by atoms with Crippen LogP contribution in [0.4, 0.5) is 5.69 Å². The molecule has 2 rings (SSSR count). The SMILES string of the molecule is C#CCOc1ccc(C=CC(=O)c2ccc([N+](=O)[O-])cc2)cc1OCC. The van der Waals surface area contributed by atoms with Gasteiger partial charge in [-0.25, -0.2) is 0 Å². The minimum Gasteiger partial charge on any atom is -0.490 e. The third kappa shape index (κ3) is 4.95. The van der Waals surface area contributed by atoms with Crippen molar-refractivity contribution in [1.82, 2.24) is 0 Å². The molecule has 6 nitrogen and oxygen atoms in total. The number of allylic oxidation sites excluding steroid dienone is 1. The molecule has 0 spiro atoms. The molecule has 26 heavy (non-hydrogen) atoms. The van der Waals surface area contributed by atoms with Crippen molar-refractivity contribution in [3.63, 3.8) is 0 Å². The molecule has 0 unspecified atom stereocenters. The molecule has 0 heterocycles. The first-order chi connectivity index (χ1) is 12.5. The minimum absolute atomic E-state index is 0.0607. The van der Waals surface area contributed by atoms with E-state index in [0.29, 0.717) is 23.7 Å². The Bertz CT molecular complexity index is 863. The van der Waals surface area contributed by atoms with E-state index in [-0.39, 0.29) is 18.1 Å². The van der Waals surface area contributed by atoms with E-state index in [1.165, 1.54) is 30.3 Å². The summed E-state index contributed by atoms with van der Waals surface area (Å²) < 4.78 is 10.9. The van der Waals surface area contributed by atoms with E-state index in [9.17, 15) is 14.9 Å². The monoisotopic (exact) mass is 351 g/mol. The molecule has 0 aliphatic heterocycles. The molecule has 0 radical (unpaired) electrons. The predicted molar refractivity (Wildman–Crippen MR) is 98.4 cm³/mol. The highest BCUT2D eigenvalue weighted by atomic mass is 16.6. The van der Waals surface area contributed by atoms with E-state index < -0.39 is 4.92 Å². The van der Waals surface area contributed by atoms with E-state index >= 15 is 0 Å². The molecule has 132 valence electrons. The fourth-order valence-electron chi connectivity index (χ4n) is 2.15. The van der Waals surface area contributed by atoms with Crippen molar-refractivity contribution >= 4 is 17.5 Å². The third-order valence-electron chi connectivity index (χ3n) is 3.37. The zero-order chi connectivity index (χ0) is 18.9. The van der Waals surface area contributed by atoms with Gasteiger partial charge in [-0.05, 0) is 42.8 Å². The lowest BCUT2D eigenvalue weighted by Crippen LogP contribution is -1.99. The molecule has 0 bridgehead atoms. The van der Waals surface area contributed by atoms with Crippen molar-refractivity contribution in [2.45, 2.75) is 6.92 Å². The van der Waals surface area contributed by atoms with Crippen LogP contribution in [0.1, 0.15) is 22.8 Å². The number of nitrogens with zero attached hydrogens (tertiary/aromatic N) is 1. The maximum Gasteiger partial charge on any atom is 0.269 e. The van der Waals surface area contributed by atoms with Crippen LogP contribution in [0.5, 0.6) is 11.5 Å². The van der Waals surface area contributed by atoms with Gasteiger partial charge in [-0.1, -0.05) is 18.1 Å². The first-order valence-corrected chi connectivity index (χ1v) is 7.85. The summed E-state index contributed by atoms with van der Waals surface area (Å²) in [7, 11) is 0. The van der Waals surface area contributed by atoms with Crippen LogP contribution >= 0.6 is 0 Å². The largest absolute Gasteiger partial charge is 0.490 e. The van der Waals surface area contributed by atoms with Crippen LogP contribution in [0.15, 0.2) is 48.5 Å². The first-order valence-electron chi connectivity index (χ1n) is 7.85. The number of nitro benzene ring substituents is 1. The third-order valence-corrected chi connectivity index (χ3v) is 3.37. The van der Waals surface area contributed by atoms with Gasteiger partial charge in [0.1, 0.15) is 6.61 Å². The van der Waals surface area contributed by atoms with Gasteiger partial charge in [0, 0.05) is 17.7 Å². The van der Waals surface area contributed by atoms with E-state index in [1.54, 1.807) is 24.3 Å². The average Bonchev–Trinajstić information content (AvgIpc) is 2.65. The van der Waals surface area contributed by atoms with E-state index in [2.05, 4.69) is 5.92 Å². The Kier molecular flexibility index (Phi) is 6.52. The smallest absolute Gasteiger partial charge is 0.269 e. The Hall–Kier alpha value is -3.59. The summed E-state index contributed by atoms with van der Waals surface area (Å²) in [5.41, 5.74) is 1.05. The molecule has 6 heteroatoms. The average molecular weight is 351 g/mol. The molecule has 0 aliphatic rings. The van der Waals surface area contributed by atoms with Gasteiger partial charge in [0.2, 0.25) is 0 Å². The number of terminal acetylenes is 1. The van der Waals surface area contributed by atoms with Crippen molar-refractivity contribution in [2.24, 2.45) is 0 Å². The minimum atomic E-state index is -0.511. The van der Waals surface area contributed by atoms with Crippen LogP contribution in [-0.4, -0.2) is 23.9 Å². The lowest BCUT2D eigenvalue weighted by molar-refractivity contribution is -0.384. The second-order valence-electron chi connectivity index (χ2n) is 5.13. The summed E-state index contributed by atoms with van der Waals surface area (Å²) in [6.07, 6.45) is 8.22. The summed E-state index contributed by atoms with van der Waals surface area (Å²) in [4.78, 5) is 22.3. The molecule has 0 amide bonds. The normalized spacial score (nSPS) is 10.3. The summed E-state index contributed by atoms with van der Waals surface area (Å²) in [6, 6.07) is 10.7. The lowest BCUT2D eigenvalue weighted by Gasteiger charge is -2.10. The first kappa shape index (κ1) is 18.7. The van der Waals surface area contributed by atoms with Gasteiger partial charge < -0.3 is 9.47 Å². The molecule has 0 N–H and O–H groups in total. The highest BCUT2D eigenvalue weighted by Crippen LogP contribution is 2.29. The topological polar surface area (TPSA) is 78.7 Å². The summed E-state index contributed by atoms with van der Waals surface area (Å²) in [5, 5.41) is 10.6. The van der Waals surface area contributed by atoms with Crippen LogP contribution in [-0.2, 0) is 0 Å². The fraction of sp³-hybridized carbons (Fsp3) is 0.150. The van der Waals surface area contributed by atoms with Gasteiger partial charge in [-0.2, -0.15) is 0 Å². The van der Waals surface area contributed by atoms with Crippen LogP contribution in [0.3, 0.4) is 0 Å². The van der Waals surface area contributed by atoms with Crippen LogP contribution < -0.4 is 9.47 Å². The number of benzene rings is 2. The van der Waals surface area contributed by atoms with Gasteiger partial charge in [0.15, 0.2) is 17.3 Å². The number of carbonyl (C=O) groups excluding carboxylic acids is 1. The Labute approximate surface area is 151 Å². The van der Waals surface area contributed by atoms with Crippen LogP contribution in [0, 0.1) is 22.5 Å². The Morgan fingerprint density at radius 3 is 2.54 bits per heavy atom. The number of hydrogen-bond donors (Lipinski definition) is 0. The maximum atomic E-state index is 12.2. The van der Waals surface area contributed by atoms with Crippen molar-refractivity contribution in [1.29, 1.82) is 0 Å². The summed E-state index contributed by atoms with van der Waals surface area (Å²) in [6.45, 7) is 2.45. The molecule has 2 aromatic rings. The summed E-state index contributed by atoms with van der Waals surface area (Å²) >= 11 is 0. The molecular weight excluding hydrogens is 334 g/mol. The molecule has 0 aromatic heterocycles. The van der Waals surface area contributed by atoms with Gasteiger partial charge in [-0.15, -0.1) is 6.42 Å². The van der Waals surface area contributed by atoms with Gasteiger partial charge >= 0.3 is 0 Å². The van der Waals surface area contributed by atoms with Crippen molar-refractivity contribution in [3.8, 4) is 23.8 Å². The molecule has 0 fully saturated rings. The van der Waals surface area contributed by atoms with Crippen LogP contribution in [0.25, 0.3) is 6.08 Å². The predicted octanol–water partition coefficient (Wildman–Crippen LogP) is 3.90. The number of carbonyl (C=O) groups is 1. The number of ketones is 1. The lowest BCUT2D eigenvalue weighted by atomic mass is 10.1. The molecule has 0 atom stereocenters. The van der Waals surface area contributed by atoms with E-state index in [1.807, 2.05) is 6.92 Å². The van der Waals surface area contributed by atoms with Crippen LogP contribution in [0.2, 0.25) is 0 Å². The Morgan fingerprint density at radius 1 is 1.19 bits per heavy atom. The van der Waals surface area contributed by atoms with Crippen molar-refractivity contribution < 1.29 is 19.2 Å². The fourth-order valence-corrected chi connectivity index (χ4v) is 2.15. The number of nitro groups is 1. The second-order valence-corrected chi connectivity index (χ2v) is 5.13. The second kappa shape index (κ2) is 9.04. The molecule has 0 saturated heterocycles. The summed E-state index contributed by atoms with van der Waals surface area (Å²) in [5.74, 6) is 3.20. The molecular formula is C20H17NO5. The number of non-ortho nitro benzene ring substituents is 1. The van der Waals surface area contributed by atoms with Gasteiger partial charge in [-0.3, -0.25) is 14.9 Å². The Balaban J connectivity index is 2.15. The molecule has 2 aromatic carbocycles.